The number of nitrogen functional groups attached to an aromatic ring is 1. The van der Waals surface area contributed by atoms with Crippen molar-refractivity contribution in [3.05, 3.63) is 65.7 Å². The Labute approximate surface area is 118 Å². The second-order valence-corrected chi connectivity index (χ2v) is 4.81. The first-order chi connectivity index (χ1) is 9.93. The molecule has 21 heavy (non-hydrogen) atoms. The molecule has 0 fully saturated rings. The predicted octanol–water partition coefficient (Wildman–Crippen LogP) is 3.53. The third kappa shape index (κ3) is 2.69. The molecule has 0 atom stereocenters. The highest BCUT2D eigenvalue weighted by Gasteiger charge is 2.30. The van der Waals surface area contributed by atoms with E-state index in [9.17, 15) is 13.2 Å². The van der Waals surface area contributed by atoms with E-state index in [2.05, 4.69) is 4.98 Å². The summed E-state index contributed by atoms with van der Waals surface area (Å²) in [7, 11) is 0. The summed E-state index contributed by atoms with van der Waals surface area (Å²) in [6, 6.07) is 8.84. The molecule has 3 nitrogen and oxygen atoms in total. The van der Waals surface area contributed by atoms with E-state index in [1.165, 1.54) is 6.07 Å². The van der Waals surface area contributed by atoms with Crippen molar-refractivity contribution in [2.24, 2.45) is 0 Å². The fraction of sp³-hybridized carbons (Fsp3) is 0.133. The molecule has 3 rings (SSSR count). The number of aromatic nitrogens is 2. The van der Waals surface area contributed by atoms with Crippen molar-refractivity contribution in [3.8, 4) is 0 Å². The average molecular weight is 291 g/mol. The van der Waals surface area contributed by atoms with Crippen LogP contribution in [0.1, 0.15) is 17.0 Å². The molecular weight excluding hydrogens is 279 g/mol. The zero-order chi connectivity index (χ0) is 15.0. The molecule has 108 valence electrons. The molecule has 1 aromatic carbocycles. The Morgan fingerprint density at radius 1 is 1.14 bits per heavy atom. The molecule has 0 aliphatic heterocycles. The number of nitrogens with two attached hydrogens (primary N) is 1. The summed E-state index contributed by atoms with van der Waals surface area (Å²) in [5.74, 6) is 0.650. The van der Waals surface area contributed by atoms with Crippen molar-refractivity contribution in [2.45, 2.75) is 12.6 Å². The number of rotatable bonds is 2. The lowest BCUT2D eigenvalue weighted by molar-refractivity contribution is -0.137. The van der Waals surface area contributed by atoms with Gasteiger partial charge in [-0.1, -0.05) is 18.2 Å². The van der Waals surface area contributed by atoms with E-state index in [-0.39, 0.29) is 0 Å². The predicted molar refractivity (Wildman–Crippen MR) is 73.9 cm³/mol. The molecule has 2 N–H and O–H groups in total. The zero-order valence-corrected chi connectivity index (χ0v) is 10.9. The maximum absolute atomic E-state index is 12.7. The van der Waals surface area contributed by atoms with Gasteiger partial charge in [0, 0.05) is 18.3 Å². The summed E-state index contributed by atoms with van der Waals surface area (Å²) in [4.78, 5) is 4.25. The van der Waals surface area contributed by atoms with Gasteiger partial charge >= 0.3 is 6.18 Å². The van der Waals surface area contributed by atoms with Gasteiger partial charge in [-0.3, -0.25) is 0 Å². The molecule has 3 aromatic rings. The van der Waals surface area contributed by atoms with Crippen LogP contribution in [0.15, 0.2) is 48.8 Å². The lowest BCUT2D eigenvalue weighted by Gasteiger charge is -2.08. The third-order valence-electron chi connectivity index (χ3n) is 3.24. The smallest absolute Gasteiger partial charge is 0.398 e. The Bertz CT molecular complexity index is 790. The number of nitrogens with zero attached hydrogens (tertiary/aromatic N) is 2. The first kappa shape index (κ1) is 13.5. The summed E-state index contributed by atoms with van der Waals surface area (Å²) >= 11 is 0. The molecule has 6 heteroatoms. The summed E-state index contributed by atoms with van der Waals surface area (Å²) < 4.78 is 39.9. The second-order valence-electron chi connectivity index (χ2n) is 4.81. The molecule has 0 radical (unpaired) electrons. The zero-order valence-electron chi connectivity index (χ0n) is 10.9. The van der Waals surface area contributed by atoms with Crippen molar-refractivity contribution < 1.29 is 13.2 Å². The third-order valence-corrected chi connectivity index (χ3v) is 3.24. The number of benzene rings is 1. The van der Waals surface area contributed by atoms with E-state index in [0.717, 1.165) is 17.6 Å². The first-order valence-corrected chi connectivity index (χ1v) is 6.31. The monoisotopic (exact) mass is 291 g/mol. The van der Waals surface area contributed by atoms with Crippen LogP contribution in [-0.4, -0.2) is 9.38 Å². The summed E-state index contributed by atoms with van der Waals surface area (Å²) in [5.41, 5.74) is 7.06. The number of anilines is 1. The molecule has 0 bridgehead atoms. The molecular formula is C15H12F3N3. The molecule has 0 saturated carbocycles. The van der Waals surface area contributed by atoms with Crippen LogP contribution in [0, 0.1) is 0 Å². The Morgan fingerprint density at radius 2 is 1.95 bits per heavy atom. The SMILES string of the molecule is Nc1ccc2cnc(Cc3cccc(C(F)(F)F)c3)n2c1. The van der Waals surface area contributed by atoms with Gasteiger partial charge in [0.1, 0.15) is 5.82 Å². The highest BCUT2D eigenvalue weighted by molar-refractivity contribution is 5.52. The van der Waals surface area contributed by atoms with Gasteiger partial charge in [0.2, 0.25) is 0 Å². The van der Waals surface area contributed by atoms with Gasteiger partial charge in [-0.25, -0.2) is 4.98 Å². The van der Waals surface area contributed by atoms with E-state index in [4.69, 9.17) is 5.73 Å². The Hall–Kier alpha value is -2.50. The van der Waals surface area contributed by atoms with Crippen molar-refractivity contribution in [3.63, 3.8) is 0 Å². The highest BCUT2D eigenvalue weighted by atomic mass is 19.4. The standard InChI is InChI=1S/C15H12F3N3/c16-15(17,18)11-3-1-2-10(6-11)7-14-20-8-13-5-4-12(19)9-21(13)14/h1-6,8-9H,7,19H2. The van der Waals surface area contributed by atoms with Crippen molar-refractivity contribution in [1.82, 2.24) is 9.38 Å². The Balaban J connectivity index is 1.97. The topological polar surface area (TPSA) is 43.3 Å². The van der Waals surface area contributed by atoms with Gasteiger partial charge in [-0.2, -0.15) is 13.2 Å². The number of fused-ring (bicyclic) bond motifs is 1. The lowest BCUT2D eigenvalue weighted by Crippen LogP contribution is -2.06. The number of hydrogen-bond donors (Lipinski definition) is 1. The molecule has 0 aliphatic rings. The first-order valence-electron chi connectivity index (χ1n) is 6.31. The van der Waals surface area contributed by atoms with Crippen molar-refractivity contribution in [1.29, 1.82) is 0 Å². The normalized spacial score (nSPS) is 12.0. The molecule has 0 spiro atoms. The number of pyridine rings is 1. The van der Waals surface area contributed by atoms with Gasteiger partial charge < -0.3 is 10.1 Å². The van der Waals surface area contributed by atoms with Gasteiger partial charge in [0.15, 0.2) is 0 Å². The maximum atomic E-state index is 12.7. The molecule has 2 heterocycles. The fourth-order valence-electron chi connectivity index (χ4n) is 2.23. The Kier molecular flexibility index (Phi) is 3.08. The van der Waals surface area contributed by atoms with Crippen LogP contribution in [0.25, 0.3) is 5.52 Å². The van der Waals surface area contributed by atoms with Gasteiger partial charge in [-0.15, -0.1) is 0 Å². The average Bonchev–Trinajstić information content (AvgIpc) is 2.81. The minimum Gasteiger partial charge on any atom is -0.398 e. The van der Waals surface area contributed by atoms with Gasteiger partial charge in [0.25, 0.3) is 0 Å². The minimum atomic E-state index is -4.34. The molecule has 0 aliphatic carbocycles. The van der Waals surface area contributed by atoms with Crippen molar-refractivity contribution in [2.75, 3.05) is 5.73 Å². The largest absolute Gasteiger partial charge is 0.416 e. The van der Waals surface area contributed by atoms with Crippen LogP contribution in [-0.2, 0) is 12.6 Å². The highest BCUT2D eigenvalue weighted by Crippen LogP contribution is 2.30. The van der Waals surface area contributed by atoms with E-state index < -0.39 is 11.7 Å². The molecule has 0 unspecified atom stereocenters. The van der Waals surface area contributed by atoms with Gasteiger partial charge in [-0.05, 0) is 23.8 Å². The van der Waals surface area contributed by atoms with Crippen LogP contribution in [0.5, 0.6) is 0 Å². The number of halogens is 3. The summed E-state index contributed by atoms with van der Waals surface area (Å²) in [5, 5.41) is 0. The van der Waals surface area contributed by atoms with Crippen molar-refractivity contribution >= 4 is 11.2 Å². The Morgan fingerprint density at radius 3 is 2.71 bits per heavy atom. The summed E-state index contributed by atoms with van der Waals surface area (Å²) in [6.07, 6.45) is -0.649. The number of imidazole rings is 1. The van der Waals surface area contributed by atoms with E-state index in [0.29, 0.717) is 23.5 Å². The van der Waals surface area contributed by atoms with Gasteiger partial charge in [0.05, 0.1) is 17.3 Å². The quantitative estimate of drug-likeness (QED) is 0.785. The minimum absolute atomic E-state index is 0.307. The number of hydrogen-bond acceptors (Lipinski definition) is 2. The van der Waals surface area contributed by atoms with Crippen LogP contribution < -0.4 is 5.73 Å². The fourth-order valence-corrected chi connectivity index (χ4v) is 2.23. The van der Waals surface area contributed by atoms with Crippen LogP contribution in [0.4, 0.5) is 18.9 Å². The molecule has 2 aromatic heterocycles. The van der Waals surface area contributed by atoms with E-state index >= 15 is 0 Å². The van der Waals surface area contributed by atoms with E-state index in [1.807, 2.05) is 6.07 Å². The maximum Gasteiger partial charge on any atom is 0.416 e. The molecule has 0 amide bonds. The van der Waals surface area contributed by atoms with E-state index in [1.54, 1.807) is 28.9 Å². The van der Waals surface area contributed by atoms with Crippen LogP contribution in [0.2, 0.25) is 0 Å². The lowest BCUT2D eigenvalue weighted by atomic mass is 10.1. The molecule has 0 saturated heterocycles. The summed E-state index contributed by atoms with van der Waals surface area (Å²) in [6.45, 7) is 0. The van der Waals surface area contributed by atoms with Crippen LogP contribution in [0.3, 0.4) is 0 Å². The number of alkyl halides is 3. The van der Waals surface area contributed by atoms with Crippen LogP contribution >= 0.6 is 0 Å². The second kappa shape index (κ2) is 4.80.